The molecule has 0 saturated heterocycles. The van der Waals surface area contributed by atoms with Gasteiger partial charge in [0.25, 0.3) is 0 Å². The summed E-state index contributed by atoms with van der Waals surface area (Å²) >= 11 is 5.86. The van der Waals surface area contributed by atoms with Crippen molar-refractivity contribution in [1.29, 1.82) is 0 Å². The number of carbonyl (C=O) groups is 1. The van der Waals surface area contributed by atoms with Gasteiger partial charge in [0.2, 0.25) is 5.91 Å². The van der Waals surface area contributed by atoms with Crippen molar-refractivity contribution in [2.45, 2.75) is 31.5 Å². The minimum Gasteiger partial charge on any atom is -0.409 e. The fourth-order valence-electron chi connectivity index (χ4n) is 3.58. The first kappa shape index (κ1) is 30.1. The number of nitrogens with one attached hydrogen (secondary N) is 1. The number of alkyl halides is 6. The predicted molar refractivity (Wildman–Crippen MR) is 131 cm³/mol. The first-order chi connectivity index (χ1) is 18.6. The van der Waals surface area contributed by atoms with Crippen LogP contribution in [0.1, 0.15) is 17.2 Å². The molecule has 1 amide bonds. The van der Waals surface area contributed by atoms with Crippen molar-refractivity contribution < 1.29 is 36.3 Å². The highest BCUT2D eigenvalue weighted by atomic mass is 35.5. The third kappa shape index (κ3) is 6.94. The number of amides is 1. The molecule has 0 bridgehead atoms. The highest BCUT2D eigenvalue weighted by Gasteiger charge is 2.39. The summed E-state index contributed by atoms with van der Waals surface area (Å²) in [6, 6.07) is 7.64. The Labute approximate surface area is 226 Å². The Morgan fingerprint density at radius 3 is 2.38 bits per heavy atom. The van der Waals surface area contributed by atoms with E-state index >= 15 is 0 Å². The van der Waals surface area contributed by atoms with Crippen molar-refractivity contribution in [2.24, 2.45) is 16.8 Å². The summed E-state index contributed by atoms with van der Waals surface area (Å²) in [4.78, 5) is 25.9. The van der Waals surface area contributed by atoms with Crippen LogP contribution in [0.15, 0.2) is 58.5 Å². The summed E-state index contributed by atoms with van der Waals surface area (Å²) in [5, 5.41) is 18.3. The van der Waals surface area contributed by atoms with Crippen molar-refractivity contribution in [2.75, 3.05) is 0 Å². The van der Waals surface area contributed by atoms with Gasteiger partial charge in [0.1, 0.15) is 18.5 Å². The number of rotatable bonds is 8. The number of hydrogen-bond donors (Lipinski definition) is 3. The van der Waals surface area contributed by atoms with Gasteiger partial charge in [0.15, 0.2) is 11.7 Å². The molecular formula is C24H19ClF6N6O3. The molecule has 0 aliphatic carbocycles. The van der Waals surface area contributed by atoms with Crippen LogP contribution < -0.4 is 16.7 Å². The van der Waals surface area contributed by atoms with Crippen molar-refractivity contribution in [3.05, 3.63) is 75.2 Å². The topological polar surface area (TPSA) is 128 Å². The number of hydrogen-bond acceptors (Lipinski definition) is 5. The maximum absolute atomic E-state index is 13.4. The molecule has 2 unspecified atom stereocenters. The number of amidine groups is 1. The molecule has 2 atom stereocenters. The van der Waals surface area contributed by atoms with Gasteiger partial charge in [-0.2, -0.15) is 26.3 Å². The molecule has 1 heterocycles. The van der Waals surface area contributed by atoms with E-state index in [1.165, 1.54) is 30.3 Å². The average molecular weight is 589 g/mol. The van der Waals surface area contributed by atoms with Gasteiger partial charge in [0, 0.05) is 10.6 Å². The van der Waals surface area contributed by atoms with Gasteiger partial charge in [-0.05, 0) is 42.0 Å². The second kappa shape index (κ2) is 11.7. The third-order valence-corrected chi connectivity index (χ3v) is 5.80. The Morgan fingerprint density at radius 2 is 1.82 bits per heavy atom. The molecule has 16 heteroatoms. The van der Waals surface area contributed by atoms with Crippen LogP contribution in [-0.4, -0.2) is 37.5 Å². The maximum Gasteiger partial charge on any atom is 0.416 e. The van der Waals surface area contributed by atoms with Gasteiger partial charge in [-0.15, -0.1) is 11.5 Å². The fourth-order valence-corrected chi connectivity index (χ4v) is 3.70. The van der Waals surface area contributed by atoms with Crippen molar-refractivity contribution >= 4 is 23.3 Å². The molecule has 3 rings (SSSR count). The quantitative estimate of drug-likeness (QED) is 0.0921. The van der Waals surface area contributed by atoms with Crippen LogP contribution in [0.5, 0.6) is 0 Å². The summed E-state index contributed by atoms with van der Waals surface area (Å²) in [5.74, 6) is -2.78. The maximum atomic E-state index is 13.4. The standard InChI is InChI=1S/C24H19ClF6N6O3/c1-2-15(23(26,27)28)11-36-21(13-6-8-17(25)9-7-13)34-37(22(36)39)12-18(38)33-19(20(32)35-40)14-4-3-5-16(10-14)24(29,30)31/h1,3-10,15,19,40H,11-12H2,(H2,32,35)(H,33,38). The molecule has 9 nitrogen and oxygen atoms in total. The fraction of sp³-hybridized carbons (Fsp3) is 0.250. The minimum absolute atomic E-state index is 0.178. The lowest BCUT2D eigenvalue weighted by atomic mass is 10.0. The summed E-state index contributed by atoms with van der Waals surface area (Å²) in [7, 11) is 0. The molecule has 0 spiro atoms. The van der Waals surface area contributed by atoms with Gasteiger partial charge in [0.05, 0.1) is 12.1 Å². The van der Waals surface area contributed by atoms with E-state index in [-0.39, 0.29) is 22.0 Å². The molecule has 0 fully saturated rings. The number of aromatic nitrogens is 3. The predicted octanol–water partition coefficient (Wildman–Crippen LogP) is 3.80. The average Bonchev–Trinajstić information content (AvgIpc) is 3.19. The summed E-state index contributed by atoms with van der Waals surface area (Å²) in [6.07, 6.45) is -4.56. The van der Waals surface area contributed by atoms with Crippen LogP contribution in [-0.2, 0) is 24.1 Å². The van der Waals surface area contributed by atoms with Crippen molar-refractivity contribution in [1.82, 2.24) is 19.7 Å². The number of halogens is 7. The zero-order chi connectivity index (χ0) is 29.8. The van der Waals surface area contributed by atoms with Gasteiger partial charge in [-0.1, -0.05) is 34.8 Å². The number of oxime groups is 1. The van der Waals surface area contributed by atoms with Gasteiger partial charge in [-0.25, -0.2) is 9.48 Å². The molecule has 3 aromatic rings. The molecule has 0 radical (unpaired) electrons. The smallest absolute Gasteiger partial charge is 0.409 e. The molecular weight excluding hydrogens is 570 g/mol. The lowest BCUT2D eigenvalue weighted by molar-refractivity contribution is -0.161. The monoisotopic (exact) mass is 588 g/mol. The molecule has 0 aliphatic heterocycles. The Balaban J connectivity index is 1.98. The zero-order valence-electron chi connectivity index (χ0n) is 20.0. The Bertz CT molecular complexity index is 1510. The van der Waals surface area contributed by atoms with Crippen molar-refractivity contribution in [3.63, 3.8) is 0 Å². The van der Waals surface area contributed by atoms with E-state index in [0.29, 0.717) is 15.3 Å². The van der Waals surface area contributed by atoms with Crippen LogP contribution in [0.3, 0.4) is 0 Å². The third-order valence-electron chi connectivity index (χ3n) is 5.54. The summed E-state index contributed by atoms with van der Waals surface area (Å²) < 4.78 is 80.8. The second-order valence-electron chi connectivity index (χ2n) is 8.29. The number of terminal acetylenes is 1. The van der Waals surface area contributed by atoms with E-state index in [9.17, 15) is 35.9 Å². The number of benzene rings is 2. The van der Waals surface area contributed by atoms with Gasteiger partial charge >= 0.3 is 18.0 Å². The molecule has 4 N–H and O–H groups in total. The molecule has 212 valence electrons. The number of nitrogens with zero attached hydrogens (tertiary/aromatic N) is 4. The van der Waals surface area contributed by atoms with Gasteiger partial charge < -0.3 is 16.3 Å². The van der Waals surface area contributed by atoms with Crippen LogP contribution >= 0.6 is 11.6 Å². The van der Waals surface area contributed by atoms with Crippen LogP contribution in [0.2, 0.25) is 5.02 Å². The summed E-state index contributed by atoms with van der Waals surface area (Å²) in [6.45, 7) is -1.91. The Kier molecular flexibility index (Phi) is 8.83. The molecule has 0 aliphatic rings. The highest BCUT2D eigenvalue weighted by molar-refractivity contribution is 6.30. The van der Waals surface area contributed by atoms with Crippen LogP contribution in [0.4, 0.5) is 26.3 Å². The summed E-state index contributed by atoms with van der Waals surface area (Å²) in [5.41, 5.74) is 3.34. The lowest BCUT2D eigenvalue weighted by Gasteiger charge is -2.19. The number of carbonyl (C=O) groups excluding carboxylic acids is 1. The van der Waals surface area contributed by atoms with Crippen LogP contribution in [0, 0.1) is 18.3 Å². The molecule has 2 aromatic carbocycles. The molecule has 1 aromatic heterocycles. The largest absolute Gasteiger partial charge is 0.416 e. The van der Waals surface area contributed by atoms with E-state index in [1.54, 1.807) is 5.92 Å². The first-order valence-electron chi connectivity index (χ1n) is 11.1. The normalized spacial score (nSPS) is 13.9. The Morgan fingerprint density at radius 1 is 1.18 bits per heavy atom. The number of nitrogens with two attached hydrogens (primary N) is 1. The van der Waals surface area contributed by atoms with E-state index in [1.807, 2.05) is 0 Å². The molecule has 40 heavy (non-hydrogen) atoms. The van der Waals surface area contributed by atoms with Gasteiger partial charge in [-0.3, -0.25) is 9.36 Å². The van der Waals surface area contributed by atoms with E-state index in [0.717, 1.165) is 12.1 Å². The highest BCUT2D eigenvalue weighted by Crippen LogP contribution is 2.31. The van der Waals surface area contributed by atoms with E-state index < -0.39 is 60.4 Å². The zero-order valence-corrected chi connectivity index (χ0v) is 20.8. The van der Waals surface area contributed by atoms with E-state index in [4.69, 9.17) is 29.0 Å². The molecule has 0 saturated carbocycles. The van der Waals surface area contributed by atoms with E-state index in [2.05, 4.69) is 15.6 Å². The minimum atomic E-state index is -4.86. The van der Waals surface area contributed by atoms with Crippen LogP contribution in [0.25, 0.3) is 11.4 Å². The second-order valence-corrected chi connectivity index (χ2v) is 8.73. The SMILES string of the molecule is C#CC(Cn1c(-c2ccc(Cl)cc2)nn(CC(=O)NC(/C(N)=N/O)c2cccc(C(F)(F)F)c2)c1=O)C(F)(F)F. The van der Waals surface area contributed by atoms with Crippen molar-refractivity contribution in [3.8, 4) is 23.7 Å². The first-order valence-corrected chi connectivity index (χ1v) is 11.4. The lowest BCUT2D eigenvalue weighted by Crippen LogP contribution is -2.41. The Hall–Kier alpha value is -4.45.